The Morgan fingerprint density at radius 2 is 2.24 bits per heavy atom. The molecule has 0 radical (unpaired) electrons. The van der Waals surface area contributed by atoms with Crippen molar-refractivity contribution >= 4 is 11.8 Å². The van der Waals surface area contributed by atoms with E-state index in [2.05, 4.69) is 19.8 Å². The molecule has 2 atom stereocenters. The van der Waals surface area contributed by atoms with Crippen molar-refractivity contribution in [1.82, 2.24) is 14.9 Å². The van der Waals surface area contributed by atoms with Crippen molar-refractivity contribution in [3.8, 4) is 5.88 Å². The number of aromatic nitrogens is 2. The van der Waals surface area contributed by atoms with Gasteiger partial charge in [-0.05, 0) is 12.8 Å². The number of fused-ring (bicyclic) bond motifs is 1. The molecular formula is C17H26N4O4. The number of ether oxygens (including phenoxy) is 2. The highest BCUT2D eigenvalue weighted by molar-refractivity contribution is 5.76. The minimum atomic E-state index is -0.681. The van der Waals surface area contributed by atoms with Gasteiger partial charge in [0.05, 0.1) is 19.1 Å². The Morgan fingerprint density at radius 3 is 2.96 bits per heavy atom. The second-order valence-electron chi connectivity index (χ2n) is 6.85. The number of carboxylic acid groups (broad SMARTS) is 1. The van der Waals surface area contributed by atoms with E-state index in [9.17, 15) is 9.90 Å². The van der Waals surface area contributed by atoms with Crippen molar-refractivity contribution in [1.29, 1.82) is 0 Å². The molecule has 0 amide bonds. The molecule has 3 rings (SSSR count). The molecule has 2 aliphatic heterocycles. The summed E-state index contributed by atoms with van der Waals surface area (Å²) in [6.45, 7) is 4.23. The van der Waals surface area contributed by atoms with E-state index in [1.165, 1.54) is 6.33 Å². The lowest BCUT2D eigenvalue weighted by Crippen LogP contribution is -2.41. The third kappa shape index (κ3) is 3.55. The fourth-order valence-electron chi connectivity index (χ4n) is 4.10. The van der Waals surface area contributed by atoms with Crippen molar-refractivity contribution in [3.05, 3.63) is 12.4 Å². The third-order valence-corrected chi connectivity index (χ3v) is 5.46. The number of anilines is 1. The van der Waals surface area contributed by atoms with Crippen LogP contribution in [0.1, 0.15) is 12.8 Å². The van der Waals surface area contributed by atoms with Crippen molar-refractivity contribution in [3.63, 3.8) is 0 Å². The predicted octanol–water partition coefficient (Wildman–Crippen LogP) is 0.735. The van der Waals surface area contributed by atoms with Crippen LogP contribution in [0.15, 0.2) is 12.4 Å². The molecule has 2 aliphatic rings. The number of hydrogen-bond acceptors (Lipinski definition) is 7. The van der Waals surface area contributed by atoms with Crippen molar-refractivity contribution in [2.75, 3.05) is 58.5 Å². The zero-order valence-electron chi connectivity index (χ0n) is 14.8. The first kappa shape index (κ1) is 17.9. The molecule has 0 saturated carbocycles. The quantitative estimate of drug-likeness (QED) is 0.803. The van der Waals surface area contributed by atoms with E-state index in [1.54, 1.807) is 14.2 Å². The van der Waals surface area contributed by atoms with Gasteiger partial charge in [0, 0.05) is 51.8 Å². The van der Waals surface area contributed by atoms with Gasteiger partial charge >= 0.3 is 5.97 Å². The minimum absolute atomic E-state index is 0.0605. The van der Waals surface area contributed by atoms with Gasteiger partial charge in [-0.1, -0.05) is 0 Å². The maximum Gasteiger partial charge on any atom is 0.311 e. The van der Waals surface area contributed by atoms with Crippen molar-refractivity contribution in [2.45, 2.75) is 12.8 Å². The van der Waals surface area contributed by atoms with Gasteiger partial charge < -0.3 is 19.5 Å². The van der Waals surface area contributed by atoms with Gasteiger partial charge in [-0.15, -0.1) is 0 Å². The number of carboxylic acids is 1. The molecule has 0 unspecified atom stereocenters. The van der Waals surface area contributed by atoms with Crippen LogP contribution in [-0.4, -0.2) is 79.5 Å². The summed E-state index contributed by atoms with van der Waals surface area (Å²) in [6, 6.07) is 1.81. The first-order valence-corrected chi connectivity index (χ1v) is 8.65. The normalized spacial score (nSPS) is 27.0. The largest absolute Gasteiger partial charge is 0.481 e. The van der Waals surface area contributed by atoms with Gasteiger partial charge in [-0.3, -0.25) is 9.69 Å². The summed E-state index contributed by atoms with van der Waals surface area (Å²) < 4.78 is 10.3. The van der Waals surface area contributed by atoms with E-state index in [0.717, 1.165) is 31.9 Å². The van der Waals surface area contributed by atoms with Gasteiger partial charge in [0.2, 0.25) is 5.88 Å². The summed E-state index contributed by atoms with van der Waals surface area (Å²) in [5, 5.41) is 9.98. The molecule has 2 saturated heterocycles. The molecule has 0 aliphatic carbocycles. The number of rotatable bonds is 6. The van der Waals surface area contributed by atoms with Crippen LogP contribution in [0.2, 0.25) is 0 Å². The highest BCUT2D eigenvalue weighted by atomic mass is 16.5. The Bertz CT molecular complexity index is 614. The predicted molar refractivity (Wildman–Crippen MR) is 91.9 cm³/mol. The van der Waals surface area contributed by atoms with Crippen LogP contribution in [0.4, 0.5) is 5.82 Å². The van der Waals surface area contributed by atoms with Crippen molar-refractivity contribution in [2.24, 2.45) is 11.3 Å². The second kappa shape index (κ2) is 7.53. The summed E-state index contributed by atoms with van der Waals surface area (Å²) in [5.41, 5.74) is -0.681. The Kier molecular flexibility index (Phi) is 5.39. The number of hydrogen-bond donors (Lipinski definition) is 1. The molecule has 25 heavy (non-hydrogen) atoms. The highest BCUT2D eigenvalue weighted by Crippen LogP contribution is 2.43. The van der Waals surface area contributed by atoms with Gasteiger partial charge in [0.25, 0.3) is 0 Å². The zero-order valence-corrected chi connectivity index (χ0v) is 14.8. The van der Waals surface area contributed by atoms with Crippen LogP contribution in [0.5, 0.6) is 5.88 Å². The maximum absolute atomic E-state index is 12.2. The van der Waals surface area contributed by atoms with E-state index in [4.69, 9.17) is 9.47 Å². The molecule has 1 aromatic heterocycles. The fourth-order valence-corrected chi connectivity index (χ4v) is 4.10. The van der Waals surface area contributed by atoms with Gasteiger partial charge in [-0.25, -0.2) is 9.97 Å². The number of likely N-dealkylation sites (tertiary alicyclic amines) is 1. The molecule has 2 fully saturated rings. The maximum atomic E-state index is 12.2. The van der Waals surface area contributed by atoms with E-state index in [1.807, 2.05) is 6.07 Å². The van der Waals surface area contributed by atoms with Crippen LogP contribution >= 0.6 is 0 Å². The topological polar surface area (TPSA) is 88.0 Å². The van der Waals surface area contributed by atoms with Crippen LogP contribution in [0.25, 0.3) is 0 Å². The molecule has 0 spiro atoms. The van der Waals surface area contributed by atoms with E-state index in [0.29, 0.717) is 32.0 Å². The summed E-state index contributed by atoms with van der Waals surface area (Å²) in [6.07, 6.45) is 3.01. The average molecular weight is 350 g/mol. The molecule has 0 bridgehead atoms. The number of carbonyl (C=O) groups is 1. The summed E-state index contributed by atoms with van der Waals surface area (Å²) >= 11 is 0. The van der Waals surface area contributed by atoms with Gasteiger partial charge in [0.1, 0.15) is 12.1 Å². The SMILES string of the molecule is COCCN1C[C@H]2CN(c3cc(OC)ncn3)CCC[C@]2(C(=O)O)C1. The first-order chi connectivity index (χ1) is 12.1. The summed E-state index contributed by atoms with van der Waals surface area (Å²) in [7, 11) is 3.25. The number of nitrogens with zero attached hydrogens (tertiary/aromatic N) is 4. The Labute approximate surface area is 147 Å². The Morgan fingerprint density at radius 1 is 1.40 bits per heavy atom. The third-order valence-electron chi connectivity index (χ3n) is 5.46. The average Bonchev–Trinajstić information content (AvgIpc) is 2.87. The summed E-state index contributed by atoms with van der Waals surface area (Å²) in [5.74, 6) is 0.695. The van der Waals surface area contributed by atoms with E-state index < -0.39 is 11.4 Å². The molecular weight excluding hydrogens is 324 g/mol. The highest BCUT2D eigenvalue weighted by Gasteiger charge is 2.53. The zero-order chi connectivity index (χ0) is 17.9. The van der Waals surface area contributed by atoms with Crippen LogP contribution in [0.3, 0.4) is 0 Å². The van der Waals surface area contributed by atoms with Crippen molar-refractivity contribution < 1.29 is 19.4 Å². The minimum Gasteiger partial charge on any atom is -0.481 e. The first-order valence-electron chi connectivity index (χ1n) is 8.65. The second-order valence-corrected chi connectivity index (χ2v) is 6.85. The lowest BCUT2D eigenvalue weighted by atomic mass is 9.75. The van der Waals surface area contributed by atoms with Crippen LogP contribution in [0, 0.1) is 11.3 Å². The van der Waals surface area contributed by atoms with Crippen LogP contribution < -0.4 is 9.64 Å². The van der Waals surface area contributed by atoms with Crippen LogP contribution in [-0.2, 0) is 9.53 Å². The lowest BCUT2D eigenvalue weighted by molar-refractivity contribution is -0.150. The molecule has 0 aromatic carbocycles. The smallest absolute Gasteiger partial charge is 0.311 e. The molecule has 3 heterocycles. The number of aliphatic carboxylic acids is 1. The molecule has 8 nitrogen and oxygen atoms in total. The lowest BCUT2D eigenvalue weighted by Gasteiger charge is -2.30. The molecule has 138 valence electrons. The van der Waals surface area contributed by atoms with E-state index in [-0.39, 0.29) is 5.92 Å². The Hall–Kier alpha value is -1.93. The monoisotopic (exact) mass is 350 g/mol. The van der Waals surface area contributed by atoms with Gasteiger partial charge in [0.15, 0.2) is 0 Å². The molecule has 1 N–H and O–H groups in total. The Balaban J connectivity index is 1.81. The summed E-state index contributed by atoms with van der Waals surface area (Å²) in [4.78, 5) is 24.9. The van der Waals surface area contributed by atoms with Gasteiger partial charge in [-0.2, -0.15) is 0 Å². The fraction of sp³-hybridized carbons (Fsp3) is 0.706. The number of methoxy groups -OCH3 is 2. The standard InChI is InChI=1S/C17H26N4O4/c1-24-7-6-20-9-13-10-21(14-8-15(25-2)19-12-18-14)5-3-4-17(13,11-20)16(22)23/h8,12-13H,3-7,9-11H2,1-2H3,(H,22,23)/t13-,17-/m0/s1. The molecule has 1 aromatic rings. The molecule has 8 heteroatoms. The van der Waals surface area contributed by atoms with E-state index >= 15 is 0 Å².